The standard InChI is InChI=1S/C21H22ClFN2O4/c1-2-25(13-19(26)24-12-16-5-9-18(23)10-6-16)20(27)14-29-21(28)11-15-3-7-17(22)8-4-15/h3-10H,2,11-14H2,1H3,(H,24,26). The molecule has 0 aliphatic rings. The predicted molar refractivity (Wildman–Crippen MR) is 107 cm³/mol. The smallest absolute Gasteiger partial charge is 0.310 e. The number of carbonyl (C=O) groups is 3. The van der Waals surface area contributed by atoms with Crippen LogP contribution in [-0.4, -0.2) is 42.4 Å². The van der Waals surface area contributed by atoms with Gasteiger partial charge in [0.1, 0.15) is 5.82 Å². The van der Waals surface area contributed by atoms with Gasteiger partial charge in [-0.15, -0.1) is 0 Å². The summed E-state index contributed by atoms with van der Waals surface area (Å²) >= 11 is 5.79. The van der Waals surface area contributed by atoms with E-state index in [2.05, 4.69) is 5.32 Å². The van der Waals surface area contributed by atoms with Crippen molar-refractivity contribution in [3.8, 4) is 0 Å². The molecule has 0 fully saturated rings. The lowest BCUT2D eigenvalue weighted by atomic mass is 10.1. The van der Waals surface area contributed by atoms with Crippen LogP contribution in [0.4, 0.5) is 4.39 Å². The van der Waals surface area contributed by atoms with E-state index in [4.69, 9.17) is 16.3 Å². The van der Waals surface area contributed by atoms with Gasteiger partial charge in [-0.1, -0.05) is 35.9 Å². The number of benzene rings is 2. The molecule has 0 spiro atoms. The summed E-state index contributed by atoms with van der Waals surface area (Å²) in [6.45, 7) is 1.63. The summed E-state index contributed by atoms with van der Waals surface area (Å²) in [6, 6.07) is 12.5. The molecule has 0 unspecified atom stereocenters. The summed E-state index contributed by atoms with van der Waals surface area (Å²) < 4.78 is 17.9. The van der Waals surface area contributed by atoms with Crippen LogP contribution < -0.4 is 5.32 Å². The quantitative estimate of drug-likeness (QED) is 0.633. The SMILES string of the molecule is CCN(CC(=O)NCc1ccc(F)cc1)C(=O)COC(=O)Cc1ccc(Cl)cc1. The first-order chi connectivity index (χ1) is 13.9. The highest BCUT2D eigenvalue weighted by Crippen LogP contribution is 2.10. The molecule has 0 atom stereocenters. The zero-order valence-electron chi connectivity index (χ0n) is 16.0. The van der Waals surface area contributed by atoms with Gasteiger partial charge in [-0.2, -0.15) is 0 Å². The lowest BCUT2D eigenvalue weighted by Gasteiger charge is -2.20. The average Bonchev–Trinajstić information content (AvgIpc) is 2.71. The second kappa shape index (κ2) is 11.2. The summed E-state index contributed by atoms with van der Waals surface area (Å²) in [5, 5.41) is 3.23. The van der Waals surface area contributed by atoms with Crippen molar-refractivity contribution in [3.05, 3.63) is 70.5 Å². The first-order valence-corrected chi connectivity index (χ1v) is 9.44. The highest BCUT2D eigenvalue weighted by molar-refractivity contribution is 6.30. The van der Waals surface area contributed by atoms with Gasteiger partial charge in [0, 0.05) is 18.1 Å². The number of amides is 2. The number of hydrogen-bond acceptors (Lipinski definition) is 4. The maximum atomic E-state index is 12.9. The van der Waals surface area contributed by atoms with Gasteiger partial charge in [-0.3, -0.25) is 14.4 Å². The van der Waals surface area contributed by atoms with E-state index in [1.165, 1.54) is 17.0 Å². The third-order valence-electron chi connectivity index (χ3n) is 4.09. The second-order valence-electron chi connectivity index (χ2n) is 6.28. The van der Waals surface area contributed by atoms with E-state index in [1.807, 2.05) is 0 Å². The Morgan fingerprint density at radius 3 is 2.28 bits per heavy atom. The van der Waals surface area contributed by atoms with Crippen LogP contribution in [-0.2, 0) is 32.1 Å². The van der Waals surface area contributed by atoms with E-state index in [0.717, 1.165) is 11.1 Å². The van der Waals surface area contributed by atoms with Crippen molar-refractivity contribution in [2.45, 2.75) is 19.9 Å². The molecule has 0 aromatic heterocycles. The number of nitrogens with one attached hydrogen (secondary N) is 1. The molecule has 2 rings (SSSR count). The Labute approximate surface area is 173 Å². The molecule has 6 nitrogen and oxygen atoms in total. The molecule has 29 heavy (non-hydrogen) atoms. The number of rotatable bonds is 9. The van der Waals surface area contributed by atoms with Crippen LogP contribution in [0.2, 0.25) is 5.02 Å². The van der Waals surface area contributed by atoms with Gasteiger partial charge in [0.05, 0.1) is 13.0 Å². The topological polar surface area (TPSA) is 75.7 Å². The lowest BCUT2D eigenvalue weighted by Crippen LogP contribution is -2.42. The maximum Gasteiger partial charge on any atom is 0.310 e. The molecular weight excluding hydrogens is 399 g/mol. The number of carbonyl (C=O) groups excluding carboxylic acids is 3. The minimum Gasteiger partial charge on any atom is -0.455 e. The van der Waals surface area contributed by atoms with Gasteiger partial charge in [0.15, 0.2) is 6.61 Å². The molecule has 0 saturated carbocycles. The van der Waals surface area contributed by atoms with Crippen molar-refractivity contribution < 1.29 is 23.5 Å². The molecule has 154 valence electrons. The van der Waals surface area contributed by atoms with Gasteiger partial charge in [0.25, 0.3) is 5.91 Å². The summed E-state index contributed by atoms with van der Waals surface area (Å²) in [5.74, 6) is -1.73. The van der Waals surface area contributed by atoms with Gasteiger partial charge in [-0.05, 0) is 42.3 Å². The van der Waals surface area contributed by atoms with E-state index < -0.39 is 18.5 Å². The number of esters is 1. The normalized spacial score (nSPS) is 10.3. The zero-order chi connectivity index (χ0) is 21.2. The molecule has 0 heterocycles. The largest absolute Gasteiger partial charge is 0.455 e. The van der Waals surface area contributed by atoms with Gasteiger partial charge >= 0.3 is 5.97 Å². The van der Waals surface area contributed by atoms with Crippen molar-refractivity contribution in [1.29, 1.82) is 0 Å². The Morgan fingerprint density at radius 2 is 1.66 bits per heavy atom. The average molecular weight is 421 g/mol. The van der Waals surface area contributed by atoms with Crippen LogP contribution in [0.3, 0.4) is 0 Å². The van der Waals surface area contributed by atoms with Crippen molar-refractivity contribution >= 4 is 29.4 Å². The van der Waals surface area contributed by atoms with Crippen molar-refractivity contribution in [2.24, 2.45) is 0 Å². The second-order valence-corrected chi connectivity index (χ2v) is 6.71. The molecule has 1 N–H and O–H groups in total. The fraction of sp³-hybridized carbons (Fsp3) is 0.286. The molecule has 0 bridgehead atoms. The van der Waals surface area contributed by atoms with Gasteiger partial charge in [-0.25, -0.2) is 4.39 Å². The molecule has 0 aliphatic carbocycles. The fourth-order valence-corrected chi connectivity index (χ4v) is 2.59. The van der Waals surface area contributed by atoms with Crippen LogP contribution in [0.5, 0.6) is 0 Å². The lowest BCUT2D eigenvalue weighted by molar-refractivity contribution is -0.152. The Hall–Kier alpha value is -2.93. The van der Waals surface area contributed by atoms with Crippen LogP contribution in [0.15, 0.2) is 48.5 Å². The van der Waals surface area contributed by atoms with Crippen LogP contribution in [0.25, 0.3) is 0 Å². The van der Waals surface area contributed by atoms with Crippen LogP contribution >= 0.6 is 11.6 Å². The minimum absolute atomic E-state index is 0.0225. The molecule has 2 amide bonds. The summed E-state index contributed by atoms with van der Waals surface area (Å²) in [6.07, 6.45) is 0.0225. The first-order valence-electron chi connectivity index (χ1n) is 9.06. The zero-order valence-corrected chi connectivity index (χ0v) is 16.7. The Morgan fingerprint density at radius 1 is 1.03 bits per heavy atom. The summed E-state index contributed by atoms with van der Waals surface area (Å²) in [5.41, 5.74) is 1.46. The Bertz CT molecular complexity index is 841. The third kappa shape index (κ3) is 7.91. The highest BCUT2D eigenvalue weighted by Gasteiger charge is 2.17. The van der Waals surface area contributed by atoms with Crippen LogP contribution in [0.1, 0.15) is 18.1 Å². The predicted octanol–water partition coefficient (Wildman–Crippen LogP) is 2.73. The molecule has 2 aromatic rings. The van der Waals surface area contributed by atoms with E-state index in [9.17, 15) is 18.8 Å². The number of halogens is 2. The van der Waals surface area contributed by atoms with Crippen molar-refractivity contribution in [1.82, 2.24) is 10.2 Å². The third-order valence-corrected chi connectivity index (χ3v) is 4.34. The summed E-state index contributed by atoms with van der Waals surface area (Å²) in [4.78, 5) is 37.5. The molecule has 0 aliphatic heterocycles. The summed E-state index contributed by atoms with van der Waals surface area (Å²) in [7, 11) is 0. The van der Waals surface area contributed by atoms with Crippen LogP contribution in [0, 0.1) is 5.82 Å². The van der Waals surface area contributed by atoms with Crippen molar-refractivity contribution in [2.75, 3.05) is 19.7 Å². The fourth-order valence-electron chi connectivity index (χ4n) is 2.46. The minimum atomic E-state index is -0.544. The number of hydrogen-bond donors (Lipinski definition) is 1. The Kier molecular flexibility index (Phi) is 8.61. The molecule has 0 saturated heterocycles. The molecule has 8 heteroatoms. The Balaban J connectivity index is 1.75. The van der Waals surface area contributed by atoms with Gasteiger partial charge < -0.3 is 15.0 Å². The van der Waals surface area contributed by atoms with Gasteiger partial charge in [0.2, 0.25) is 5.91 Å². The monoisotopic (exact) mass is 420 g/mol. The molecule has 2 aromatic carbocycles. The number of likely N-dealkylation sites (N-methyl/N-ethyl adjacent to an activating group) is 1. The van der Waals surface area contributed by atoms with E-state index in [1.54, 1.807) is 43.3 Å². The maximum absolute atomic E-state index is 12.9. The molecule has 0 radical (unpaired) electrons. The number of ether oxygens (including phenoxy) is 1. The van der Waals surface area contributed by atoms with E-state index in [-0.39, 0.29) is 37.8 Å². The highest BCUT2D eigenvalue weighted by atomic mass is 35.5. The number of nitrogens with zero attached hydrogens (tertiary/aromatic N) is 1. The van der Waals surface area contributed by atoms with E-state index >= 15 is 0 Å². The van der Waals surface area contributed by atoms with E-state index in [0.29, 0.717) is 5.02 Å². The van der Waals surface area contributed by atoms with Crippen molar-refractivity contribution in [3.63, 3.8) is 0 Å². The first kappa shape index (κ1) is 22.4. The molecular formula is C21H22ClFN2O4.